The first kappa shape index (κ1) is 33.8. The van der Waals surface area contributed by atoms with Gasteiger partial charge in [0.1, 0.15) is 0 Å². The second-order valence-corrected chi connectivity index (χ2v) is 15.0. The molecule has 0 atom stereocenters. The summed E-state index contributed by atoms with van der Waals surface area (Å²) in [5.74, 6) is 1.83. The molecule has 0 aliphatic carbocycles. The van der Waals surface area contributed by atoms with Crippen molar-refractivity contribution in [2.75, 3.05) is 0 Å². The van der Waals surface area contributed by atoms with Gasteiger partial charge in [0.2, 0.25) is 0 Å². The first-order chi connectivity index (χ1) is 29.7. The third kappa shape index (κ3) is 5.71. The number of hydrogen-bond acceptors (Lipinski definition) is 7. The summed E-state index contributed by atoms with van der Waals surface area (Å²) in [4.78, 5) is 34.3. The number of benzene rings is 7. The summed E-state index contributed by atoms with van der Waals surface area (Å²) in [6, 6.07) is 56.7. The molecule has 12 aromatic rings. The Labute approximate surface area is 343 Å². The monoisotopic (exact) mass is 765 g/mol. The van der Waals surface area contributed by atoms with Crippen molar-refractivity contribution >= 4 is 65.2 Å². The third-order valence-electron chi connectivity index (χ3n) is 11.4. The molecule has 0 aliphatic heterocycles. The first-order valence-electron chi connectivity index (χ1n) is 19.9. The minimum atomic E-state index is 0.607. The fourth-order valence-corrected chi connectivity index (χ4v) is 8.47. The van der Waals surface area contributed by atoms with E-state index >= 15 is 0 Å². The van der Waals surface area contributed by atoms with Crippen molar-refractivity contribution < 1.29 is 0 Å². The fraction of sp³-hybridized carbons (Fsp3) is 0. The van der Waals surface area contributed by atoms with Crippen molar-refractivity contribution in [1.82, 2.24) is 34.9 Å². The van der Waals surface area contributed by atoms with Gasteiger partial charge in [0.25, 0.3) is 0 Å². The predicted octanol–water partition coefficient (Wildman–Crippen LogP) is 12.7. The Morgan fingerprint density at radius 2 is 0.700 bits per heavy atom. The molecule has 278 valence electrons. The first-order valence-corrected chi connectivity index (χ1v) is 19.9. The third-order valence-corrected chi connectivity index (χ3v) is 11.4. The van der Waals surface area contributed by atoms with Crippen LogP contribution >= 0.6 is 0 Å². The topological polar surface area (TPSA) is 90.2 Å². The highest BCUT2D eigenvalue weighted by molar-refractivity contribution is 6.07. The highest BCUT2D eigenvalue weighted by Crippen LogP contribution is 2.36. The van der Waals surface area contributed by atoms with Crippen LogP contribution in [0.4, 0.5) is 0 Å². The highest BCUT2D eigenvalue weighted by Gasteiger charge is 2.16. The van der Waals surface area contributed by atoms with Crippen molar-refractivity contribution in [3.05, 3.63) is 189 Å². The number of aromatic nitrogens is 7. The van der Waals surface area contributed by atoms with Crippen molar-refractivity contribution in [1.29, 1.82) is 0 Å². The zero-order chi connectivity index (χ0) is 39.6. The molecule has 7 nitrogen and oxygen atoms in total. The highest BCUT2D eigenvalue weighted by atomic mass is 15.0. The molecule has 7 heteroatoms. The van der Waals surface area contributed by atoms with Gasteiger partial charge >= 0.3 is 0 Å². The normalized spacial score (nSPS) is 11.7. The van der Waals surface area contributed by atoms with Gasteiger partial charge in [-0.25, -0.2) is 15.0 Å². The Balaban J connectivity index is 0.943. The molecule has 0 spiro atoms. The van der Waals surface area contributed by atoms with Crippen LogP contribution in [0.25, 0.3) is 122 Å². The summed E-state index contributed by atoms with van der Waals surface area (Å²) < 4.78 is 0. The summed E-state index contributed by atoms with van der Waals surface area (Å²) in [5, 5.41) is 8.68. The lowest BCUT2D eigenvalue weighted by Gasteiger charge is -2.12. The lowest BCUT2D eigenvalue weighted by Crippen LogP contribution is -2.00. The van der Waals surface area contributed by atoms with E-state index in [-0.39, 0.29) is 0 Å². The van der Waals surface area contributed by atoms with Gasteiger partial charge in [-0.2, -0.15) is 0 Å². The molecular weight excluding hydrogens is 735 g/mol. The largest absolute Gasteiger partial charge is 0.254 e. The lowest BCUT2D eigenvalue weighted by molar-refractivity contribution is 1.08. The van der Waals surface area contributed by atoms with Crippen molar-refractivity contribution in [2.24, 2.45) is 0 Å². The van der Waals surface area contributed by atoms with Crippen LogP contribution in [0.5, 0.6) is 0 Å². The van der Waals surface area contributed by atoms with E-state index in [1.807, 2.05) is 67.3 Å². The molecular formula is C53H31N7. The average molecular weight is 766 g/mol. The zero-order valence-corrected chi connectivity index (χ0v) is 32.0. The van der Waals surface area contributed by atoms with Crippen LogP contribution in [0.3, 0.4) is 0 Å². The van der Waals surface area contributed by atoms with E-state index in [4.69, 9.17) is 24.9 Å². The maximum Gasteiger partial charge on any atom is 0.164 e. The van der Waals surface area contributed by atoms with Crippen LogP contribution in [-0.4, -0.2) is 34.9 Å². The van der Waals surface area contributed by atoms with E-state index in [0.29, 0.717) is 17.5 Å². The SMILES string of the molecule is c1ccc(-c2nc(-c3ccc4c(-c5cnc6c(ccc7cccnc76)c5)cccc4c3)nc(-c3ccc4c(-c5cnc6c(ccc7cccnc76)c5)cccc4c3)n2)cc1. The quantitative estimate of drug-likeness (QED) is 0.161. The molecule has 12 rings (SSSR count). The summed E-state index contributed by atoms with van der Waals surface area (Å²) >= 11 is 0. The van der Waals surface area contributed by atoms with Gasteiger partial charge in [-0.15, -0.1) is 0 Å². The van der Waals surface area contributed by atoms with Crippen molar-refractivity contribution in [3.63, 3.8) is 0 Å². The number of hydrogen-bond donors (Lipinski definition) is 0. The molecule has 0 bridgehead atoms. The molecule has 0 fully saturated rings. The van der Waals surface area contributed by atoms with Gasteiger partial charge in [0.15, 0.2) is 17.5 Å². The Morgan fingerprint density at radius 3 is 1.22 bits per heavy atom. The van der Waals surface area contributed by atoms with Crippen LogP contribution in [0.1, 0.15) is 0 Å². The molecule has 7 aromatic carbocycles. The summed E-state index contributed by atoms with van der Waals surface area (Å²) in [6.45, 7) is 0. The zero-order valence-electron chi connectivity index (χ0n) is 32.0. The maximum absolute atomic E-state index is 5.14. The Bertz CT molecular complexity index is 3460. The average Bonchev–Trinajstić information content (AvgIpc) is 3.33. The van der Waals surface area contributed by atoms with Crippen molar-refractivity contribution in [3.8, 4) is 56.4 Å². The minimum Gasteiger partial charge on any atom is -0.254 e. The summed E-state index contributed by atoms with van der Waals surface area (Å²) in [7, 11) is 0. The maximum atomic E-state index is 5.14. The number of nitrogens with zero attached hydrogens (tertiary/aromatic N) is 7. The molecule has 0 amide bonds. The Kier molecular flexibility index (Phi) is 7.71. The molecule has 5 heterocycles. The standard InChI is InChI=1S/C53H31N7/c1-2-8-34(9-3-1)51-58-52(39-20-22-45-35(26-39)10-4-14-43(45)41-28-37-18-16-32-12-6-24-54-47(32)49(37)56-30-41)60-53(59-51)40-21-23-46-36(27-40)11-5-15-44(46)42-29-38-19-17-33-13-7-25-55-48(33)50(38)57-31-42/h1-31H. The Hall–Kier alpha value is -8.29. The molecule has 60 heavy (non-hydrogen) atoms. The predicted molar refractivity (Wildman–Crippen MR) is 243 cm³/mol. The van der Waals surface area contributed by atoms with E-state index in [1.165, 1.54) is 0 Å². The van der Waals surface area contributed by atoms with E-state index in [2.05, 4.69) is 131 Å². The van der Waals surface area contributed by atoms with Gasteiger partial charge in [-0.3, -0.25) is 19.9 Å². The molecule has 0 unspecified atom stereocenters. The van der Waals surface area contributed by atoms with Gasteiger partial charge < -0.3 is 0 Å². The van der Waals surface area contributed by atoms with Gasteiger partial charge in [-0.05, 0) is 69.1 Å². The van der Waals surface area contributed by atoms with E-state index in [9.17, 15) is 0 Å². The van der Waals surface area contributed by atoms with Gasteiger partial charge in [-0.1, -0.05) is 127 Å². The molecule has 0 saturated carbocycles. The fourth-order valence-electron chi connectivity index (χ4n) is 8.47. The smallest absolute Gasteiger partial charge is 0.164 e. The molecule has 0 N–H and O–H groups in total. The Morgan fingerprint density at radius 1 is 0.267 bits per heavy atom. The molecule has 0 aliphatic rings. The molecule has 5 aromatic heterocycles. The van der Waals surface area contributed by atoms with Crippen molar-refractivity contribution in [2.45, 2.75) is 0 Å². The molecule has 0 radical (unpaired) electrons. The lowest BCUT2D eigenvalue weighted by atomic mass is 9.96. The van der Waals surface area contributed by atoms with Crippen LogP contribution < -0.4 is 0 Å². The van der Waals surface area contributed by atoms with E-state index in [0.717, 1.165) is 104 Å². The minimum absolute atomic E-state index is 0.607. The molecule has 0 saturated heterocycles. The van der Waals surface area contributed by atoms with Crippen LogP contribution in [0, 0.1) is 0 Å². The van der Waals surface area contributed by atoms with Crippen LogP contribution in [0.2, 0.25) is 0 Å². The second kappa shape index (κ2) is 13.7. The van der Waals surface area contributed by atoms with Gasteiger partial charge in [0.05, 0.1) is 22.1 Å². The van der Waals surface area contributed by atoms with E-state index in [1.54, 1.807) is 0 Å². The van der Waals surface area contributed by atoms with Crippen LogP contribution in [0.15, 0.2) is 189 Å². The van der Waals surface area contributed by atoms with Crippen LogP contribution in [-0.2, 0) is 0 Å². The van der Waals surface area contributed by atoms with E-state index < -0.39 is 0 Å². The number of pyridine rings is 4. The summed E-state index contributed by atoms with van der Waals surface area (Å²) in [5.41, 5.74) is 10.7. The van der Waals surface area contributed by atoms with Gasteiger partial charge in [0, 0.05) is 74.1 Å². The second-order valence-electron chi connectivity index (χ2n) is 15.0. The summed E-state index contributed by atoms with van der Waals surface area (Å²) in [6.07, 6.45) is 7.54. The number of rotatable bonds is 5. The number of fused-ring (bicyclic) bond motifs is 8.